The molecule has 0 bridgehead atoms. The average molecular weight is 384 g/mol. The van der Waals surface area contributed by atoms with Crippen molar-refractivity contribution < 1.29 is 9.59 Å². The molecule has 1 aromatic heterocycles. The summed E-state index contributed by atoms with van der Waals surface area (Å²) in [6, 6.07) is 22.9. The molecule has 3 aromatic carbocycles. The van der Waals surface area contributed by atoms with Crippen LogP contribution in [0.2, 0.25) is 0 Å². The van der Waals surface area contributed by atoms with E-state index in [-0.39, 0.29) is 5.91 Å². The Labute approximate surface area is 168 Å². The second-order valence-corrected chi connectivity index (χ2v) is 6.95. The van der Waals surface area contributed by atoms with Gasteiger partial charge in [0.25, 0.3) is 5.91 Å². The first-order valence-corrected chi connectivity index (χ1v) is 9.20. The van der Waals surface area contributed by atoms with Gasteiger partial charge in [-0.25, -0.2) is 0 Å². The average Bonchev–Trinajstić information content (AvgIpc) is 3.23. The maximum atomic E-state index is 12.8. The lowest BCUT2D eigenvalue weighted by Gasteiger charge is -2.16. The van der Waals surface area contributed by atoms with Crippen LogP contribution in [0.1, 0.15) is 26.4 Å². The predicted octanol–water partition coefficient (Wildman–Crippen LogP) is 3.60. The molecule has 0 spiro atoms. The fraction of sp³-hybridized carbons (Fsp3) is 0.0870. The van der Waals surface area contributed by atoms with E-state index in [0.29, 0.717) is 23.5 Å². The molecular weight excluding hydrogens is 364 g/mol. The molecule has 29 heavy (non-hydrogen) atoms. The highest BCUT2D eigenvalue weighted by Gasteiger charge is 2.16. The Hall–Kier alpha value is -3.93. The SMILES string of the molecule is CN(Cc1cccc(C(N)=O)c1)C(=O)c1cc(-c2ccc3ccccc3c2)n[nH]1. The van der Waals surface area contributed by atoms with Crippen LogP contribution < -0.4 is 5.73 Å². The van der Waals surface area contributed by atoms with Crippen molar-refractivity contribution in [3.63, 3.8) is 0 Å². The van der Waals surface area contributed by atoms with Crippen LogP contribution in [0.25, 0.3) is 22.0 Å². The molecule has 6 heteroatoms. The van der Waals surface area contributed by atoms with Crippen LogP contribution in [0.15, 0.2) is 72.8 Å². The van der Waals surface area contributed by atoms with Gasteiger partial charge < -0.3 is 10.6 Å². The number of aromatic nitrogens is 2. The van der Waals surface area contributed by atoms with E-state index in [4.69, 9.17) is 5.73 Å². The lowest BCUT2D eigenvalue weighted by Crippen LogP contribution is -2.26. The Balaban J connectivity index is 1.53. The minimum Gasteiger partial charge on any atom is -0.366 e. The fourth-order valence-corrected chi connectivity index (χ4v) is 3.30. The largest absolute Gasteiger partial charge is 0.366 e. The lowest BCUT2D eigenvalue weighted by atomic mass is 10.1. The zero-order valence-corrected chi connectivity index (χ0v) is 15.9. The molecule has 144 valence electrons. The minimum atomic E-state index is -0.491. The highest BCUT2D eigenvalue weighted by atomic mass is 16.2. The van der Waals surface area contributed by atoms with Gasteiger partial charge in [-0.3, -0.25) is 14.7 Å². The molecule has 1 heterocycles. The van der Waals surface area contributed by atoms with Gasteiger partial charge in [0.05, 0.1) is 5.69 Å². The Morgan fingerprint density at radius 1 is 0.966 bits per heavy atom. The predicted molar refractivity (Wildman–Crippen MR) is 112 cm³/mol. The number of rotatable bonds is 5. The Bertz CT molecular complexity index is 1210. The number of carbonyl (C=O) groups is 2. The van der Waals surface area contributed by atoms with Gasteiger partial charge in [0.1, 0.15) is 5.69 Å². The molecule has 0 radical (unpaired) electrons. The normalized spacial score (nSPS) is 10.8. The third-order valence-electron chi connectivity index (χ3n) is 4.83. The number of nitrogens with two attached hydrogens (primary N) is 1. The first-order chi connectivity index (χ1) is 14.0. The fourth-order valence-electron chi connectivity index (χ4n) is 3.30. The van der Waals surface area contributed by atoms with E-state index in [2.05, 4.69) is 22.3 Å². The third-order valence-corrected chi connectivity index (χ3v) is 4.83. The van der Waals surface area contributed by atoms with Crippen LogP contribution in [0, 0.1) is 0 Å². The highest BCUT2D eigenvalue weighted by molar-refractivity contribution is 5.94. The molecular formula is C23H20N4O2. The van der Waals surface area contributed by atoms with Crippen molar-refractivity contribution in [2.75, 3.05) is 7.05 Å². The molecule has 0 aliphatic rings. The summed E-state index contributed by atoms with van der Waals surface area (Å²) in [6.07, 6.45) is 0. The van der Waals surface area contributed by atoms with Crippen molar-refractivity contribution in [3.05, 3.63) is 89.6 Å². The van der Waals surface area contributed by atoms with Crippen molar-refractivity contribution in [3.8, 4) is 11.3 Å². The first-order valence-electron chi connectivity index (χ1n) is 9.20. The molecule has 3 N–H and O–H groups in total. The third kappa shape index (κ3) is 3.87. The second-order valence-electron chi connectivity index (χ2n) is 6.95. The number of carbonyl (C=O) groups excluding carboxylic acids is 2. The van der Waals surface area contributed by atoms with E-state index in [1.165, 1.54) is 0 Å². The molecule has 0 saturated heterocycles. The number of nitrogens with zero attached hydrogens (tertiary/aromatic N) is 2. The number of hydrogen-bond acceptors (Lipinski definition) is 3. The Kier molecular flexibility index (Phi) is 4.83. The van der Waals surface area contributed by atoms with Crippen LogP contribution in [-0.4, -0.2) is 34.0 Å². The molecule has 0 unspecified atom stereocenters. The molecule has 0 aliphatic carbocycles. The van der Waals surface area contributed by atoms with Crippen molar-refractivity contribution in [1.29, 1.82) is 0 Å². The molecule has 2 amide bonds. The van der Waals surface area contributed by atoms with Gasteiger partial charge >= 0.3 is 0 Å². The minimum absolute atomic E-state index is 0.186. The summed E-state index contributed by atoms with van der Waals surface area (Å²) in [5, 5.41) is 9.41. The molecule has 6 nitrogen and oxygen atoms in total. The monoisotopic (exact) mass is 384 g/mol. The number of aromatic amines is 1. The highest BCUT2D eigenvalue weighted by Crippen LogP contribution is 2.24. The molecule has 0 fully saturated rings. The van der Waals surface area contributed by atoms with E-state index < -0.39 is 5.91 Å². The summed E-state index contributed by atoms with van der Waals surface area (Å²) in [4.78, 5) is 25.7. The molecule has 0 saturated carbocycles. The van der Waals surface area contributed by atoms with E-state index in [1.54, 1.807) is 36.2 Å². The molecule has 4 aromatic rings. The van der Waals surface area contributed by atoms with Gasteiger partial charge in [-0.05, 0) is 40.6 Å². The van der Waals surface area contributed by atoms with Gasteiger partial charge in [0.2, 0.25) is 5.91 Å². The molecule has 0 aliphatic heterocycles. The van der Waals surface area contributed by atoms with Crippen molar-refractivity contribution in [1.82, 2.24) is 15.1 Å². The smallest absolute Gasteiger partial charge is 0.271 e. The molecule has 4 rings (SSSR count). The van der Waals surface area contributed by atoms with Gasteiger partial charge in [0, 0.05) is 24.7 Å². The number of benzene rings is 3. The summed E-state index contributed by atoms with van der Waals surface area (Å²) in [5.74, 6) is -0.677. The quantitative estimate of drug-likeness (QED) is 0.551. The van der Waals surface area contributed by atoms with E-state index >= 15 is 0 Å². The van der Waals surface area contributed by atoms with Gasteiger partial charge in [-0.15, -0.1) is 0 Å². The van der Waals surface area contributed by atoms with E-state index in [1.807, 2.05) is 36.4 Å². The van der Waals surface area contributed by atoms with Crippen molar-refractivity contribution >= 4 is 22.6 Å². The van der Waals surface area contributed by atoms with Gasteiger partial charge in [-0.1, -0.05) is 48.5 Å². The standard InChI is InChI=1S/C23H20N4O2/c1-27(14-15-5-4-8-19(11-15)22(24)28)23(29)21-13-20(25-26-21)18-10-9-16-6-2-3-7-17(16)12-18/h2-13H,14H2,1H3,(H2,24,28)(H,25,26). The second kappa shape index (κ2) is 7.59. The Morgan fingerprint density at radius 3 is 2.55 bits per heavy atom. The maximum absolute atomic E-state index is 12.8. The zero-order valence-electron chi connectivity index (χ0n) is 15.9. The van der Waals surface area contributed by atoms with E-state index in [0.717, 1.165) is 21.9 Å². The van der Waals surface area contributed by atoms with Crippen LogP contribution in [0.5, 0.6) is 0 Å². The number of nitrogens with one attached hydrogen (secondary N) is 1. The van der Waals surface area contributed by atoms with Crippen LogP contribution in [0.4, 0.5) is 0 Å². The van der Waals surface area contributed by atoms with Crippen LogP contribution in [-0.2, 0) is 6.54 Å². The Morgan fingerprint density at radius 2 is 1.76 bits per heavy atom. The summed E-state index contributed by atoms with van der Waals surface area (Å²) < 4.78 is 0. The van der Waals surface area contributed by atoms with E-state index in [9.17, 15) is 9.59 Å². The maximum Gasteiger partial charge on any atom is 0.271 e. The number of primary amides is 1. The summed E-state index contributed by atoms with van der Waals surface area (Å²) in [6.45, 7) is 0.351. The molecule has 0 atom stereocenters. The van der Waals surface area contributed by atoms with Crippen molar-refractivity contribution in [2.45, 2.75) is 6.54 Å². The summed E-state index contributed by atoms with van der Waals surface area (Å²) >= 11 is 0. The number of fused-ring (bicyclic) bond motifs is 1. The van der Waals surface area contributed by atoms with Gasteiger partial charge in [0.15, 0.2) is 0 Å². The first kappa shape index (κ1) is 18.4. The van der Waals surface area contributed by atoms with Crippen LogP contribution >= 0.6 is 0 Å². The summed E-state index contributed by atoms with van der Waals surface area (Å²) in [7, 11) is 1.70. The number of amides is 2. The topological polar surface area (TPSA) is 92.1 Å². The lowest BCUT2D eigenvalue weighted by molar-refractivity contribution is 0.0779. The van der Waals surface area contributed by atoms with Crippen LogP contribution in [0.3, 0.4) is 0 Å². The van der Waals surface area contributed by atoms with Crippen molar-refractivity contribution in [2.24, 2.45) is 5.73 Å². The zero-order chi connectivity index (χ0) is 20.4. The number of hydrogen-bond donors (Lipinski definition) is 2. The number of H-pyrrole nitrogens is 1. The van der Waals surface area contributed by atoms with Gasteiger partial charge in [-0.2, -0.15) is 5.10 Å². The summed E-state index contributed by atoms with van der Waals surface area (Å²) in [5.41, 5.74) is 8.63.